The number of carbonyl (C=O) groups excluding carboxylic acids is 1. The first-order valence-electron chi connectivity index (χ1n) is 5.63. The molecule has 84 valence electrons. The topological polar surface area (TPSA) is 51.2 Å². The molecule has 3 heterocycles. The number of ether oxygens (including phenoxy) is 1. The third-order valence-corrected chi connectivity index (χ3v) is 3.52. The molecule has 4 heteroatoms. The van der Waals surface area contributed by atoms with Gasteiger partial charge < -0.3 is 10.1 Å². The van der Waals surface area contributed by atoms with Gasteiger partial charge in [0.25, 0.3) is 0 Å². The molecule has 2 aliphatic heterocycles. The van der Waals surface area contributed by atoms with Crippen molar-refractivity contribution in [3.63, 3.8) is 0 Å². The average Bonchev–Trinajstić information content (AvgIpc) is 2.90. The molecule has 4 nitrogen and oxygen atoms in total. The first kappa shape index (κ1) is 9.78. The van der Waals surface area contributed by atoms with Crippen LogP contribution in [-0.2, 0) is 16.1 Å². The van der Waals surface area contributed by atoms with E-state index in [9.17, 15) is 4.79 Å². The Hall–Kier alpha value is -1.42. The standard InChI is InChI=1S/C12H14N2O2/c15-12(11-9-4-10(11)14-6-9)16-7-8-2-1-3-13-5-8/h1-3,5,9-11,14H,4,6-7H2. The van der Waals surface area contributed by atoms with E-state index in [4.69, 9.17) is 4.74 Å². The fourth-order valence-corrected chi connectivity index (χ4v) is 2.57. The van der Waals surface area contributed by atoms with E-state index in [1.165, 1.54) is 0 Å². The second-order valence-electron chi connectivity index (χ2n) is 4.51. The Morgan fingerprint density at radius 1 is 1.62 bits per heavy atom. The van der Waals surface area contributed by atoms with Crippen molar-refractivity contribution in [3.8, 4) is 0 Å². The lowest BCUT2D eigenvalue weighted by atomic mass is 9.74. The smallest absolute Gasteiger partial charge is 0.311 e. The Bertz CT molecular complexity index is 379. The maximum absolute atomic E-state index is 11.8. The Labute approximate surface area is 94.0 Å². The van der Waals surface area contributed by atoms with Crippen molar-refractivity contribution in [3.05, 3.63) is 30.1 Å². The summed E-state index contributed by atoms with van der Waals surface area (Å²) < 4.78 is 5.29. The summed E-state index contributed by atoms with van der Waals surface area (Å²) in [5.74, 6) is 0.540. The van der Waals surface area contributed by atoms with E-state index in [-0.39, 0.29) is 11.9 Å². The minimum atomic E-state index is -0.0601. The van der Waals surface area contributed by atoms with Crippen molar-refractivity contribution < 1.29 is 9.53 Å². The second-order valence-corrected chi connectivity index (χ2v) is 4.51. The fraction of sp³-hybridized carbons (Fsp3) is 0.500. The van der Waals surface area contributed by atoms with Gasteiger partial charge in [0.05, 0.1) is 5.92 Å². The van der Waals surface area contributed by atoms with Gasteiger partial charge in [-0.2, -0.15) is 0 Å². The number of pyridine rings is 1. The molecule has 0 amide bonds. The summed E-state index contributed by atoms with van der Waals surface area (Å²) in [5.41, 5.74) is 0.940. The van der Waals surface area contributed by atoms with Crippen LogP contribution in [0.2, 0.25) is 0 Å². The first-order chi connectivity index (χ1) is 7.84. The lowest BCUT2D eigenvalue weighted by Crippen LogP contribution is -2.43. The fourth-order valence-electron chi connectivity index (χ4n) is 2.57. The maximum Gasteiger partial charge on any atom is 0.311 e. The zero-order valence-electron chi connectivity index (χ0n) is 8.93. The molecule has 16 heavy (non-hydrogen) atoms. The van der Waals surface area contributed by atoms with Crippen LogP contribution in [0, 0.1) is 11.8 Å². The van der Waals surface area contributed by atoms with Crippen LogP contribution in [0.5, 0.6) is 0 Å². The molecule has 3 fully saturated rings. The monoisotopic (exact) mass is 218 g/mol. The average molecular weight is 218 g/mol. The molecule has 0 aromatic carbocycles. The van der Waals surface area contributed by atoms with Crippen molar-refractivity contribution in [2.45, 2.75) is 19.1 Å². The van der Waals surface area contributed by atoms with E-state index in [0.717, 1.165) is 18.5 Å². The van der Waals surface area contributed by atoms with Gasteiger partial charge in [-0.15, -0.1) is 0 Å². The van der Waals surface area contributed by atoms with Crippen LogP contribution >= 0.6 is 0 Å². The van der Waals surface area contributed by atoms with E-state index in [1.807, 2.05) is 12.1 Å². The molecule has 1 aromatic heterocycles. The van der Waals surface area contributed by atoms with Gasteiger partial charge in [0.15, 0.2) is 0 Å². The molecule has 3 aliphatic rings. The Morgan fingerprint density at radius 2 is 2.56 bits per heavy atom. The van der Waals surface area contributed by atoms with E-state index in [0.29, 0.717) is 18.6 Å². The van der Waals surface area contributed by atoms with Crippen LogP contribution in [0.15, 0.2) is 24.5 Å². The van der Waals surface area contributed by atoms with Crippen LogP contribution in [0.3, 0.4) is 0 Å². The highest BCUT2D eigenvalue weighted by Gasteiger charge is 2.51. The number of fused-ring (bicyclic) bond motifs is 1. The van der Waals surface area contributed by atoms with Gasteiger partial charge >= 0.3 is 5.97 Å². The third-order valence-electron chi connectivity index (χ3n) is 3.52. The largest absolute Gasteiger partial charge is 0.460 e. The van der Waals surface area contributed by atoms with Crippen molar-refractivity contribution >= 4 is 5.97 Å². The maximum atomic E-state index is 11.8. The van der Waals surface area contributed by atoms with E-state index < -0.39 is 0 Å². The summed E-state index contributed by atoms with van der Waals surface area (Å²) in [7, 11) is 0. The number of esters is 1. The summed E-state index contributed by atoms with van der Waals surface area (Å²) in [6, 6.07) is 4.12. The summed E-state index contributed by atoms with van der Waals surface area (Å²) in [5, 5.41) is 3.31. The number of nitrogens with one attached hydrogen (secondary N) is 1. The van der Waals surface area contributed by atoms with Gasteiger partial charge in [-0.05, 0) is 24.9 Å². The van der Waals surface area contributed by atoms with Gasteiger partial charge in [0, 0.05) is 24.0 Å². The van der Waals surface area contributed by atoms with Gasteiger partial charge in [0.1, 0.15) is 6.61 Å². The first-order valence-corrected chi connectivity index (χ1v) is 5.63. The number of rotatable bonds is 3. The summed E-state index contributed by atoms with van der Waals surface area (Å²) >= 11 is 0. The van der Waals surface area contributed by atoms with Crippen LogP contribution in [-0.4, -0.2) is 23.5 Å². The normalized spacial score (nSPS) is 30.9. The summed E-state index contributed by atoms with van der Waals surface area (Å²) in [4.78, 5) is 15.8. The highest BCUT2D eigenvalue weighted by Crippen LogP contribution is 2.40. The third kappa shape index (κ3) is 1.59. The molecular weight excluding hydrogens is 204 g/mol. The van der Waals surface area contributed by atoms with Crippen molar-refractivity contribution in [1.82, 2.24) is 10.3 Å². The predicted molar refractivity (Wildman–Crippen MR) is 57.4 cm³/mol. The minimum absolute atomic E-state index is 0.0601. The lowest BCUT2D eigenvalue weighted by Gasteiger charge is -2.32. The molecule has 0 spiro atoms. The van der Waals surface area contributed by atoms with Crippen LogP contribution < -0.4 is 5.32 Å². The highest BCUT2D eigenvalue weighted by molar-refractivity contribution is 5.75. The van der Waals surface area contributed by atoms with Crippen molar-refractivity contribution in [2.24, 2.45) is 11.8 Å². The molecule has 1 aromatic rings. The molecule has 4 rings (SSSR count). The van der Waals surface area contributed by atoms with E-state index >= 15 is 0 Å². The predicted octanol–water partition coefficient (Wildman–Crippen LogP) is 0.733. The molecule has 1 N–H and O–H groups in total. The molecular formula is C12H14N2O2. The zero-order chi connectivity index (χ0) is 11.0. The quantitative estimate of drug-likeness (QED) is 0.760. The number of aromatic nitrogens is 1. The van der Waals surface area contributed by atoms with Gasteiger partial charge in [-0.25, -0.2) is 0 Å². The molecule has 2 bridgehead atoms. The molecule has 1 aliphatic carbocycles. The van der Waals surface area contributed by atoms with Crippen LogP contribution in [0.4, 0.5) is 0 Å². The van der Waals surface area contributed by atoms with Gasteiger partial charge in [-0.3, -0.25) is 9.78 Å². The number of hydrogen-bond donors (Lipinski definition) is 1. The van der Waals surface area contributed by atoms with Crippen LogP contribution in [0.25, 0.3) is 0 Å². The Morgan fingerprint density at radius 3 is 3.19 bits per heavy atom. The van der Waals surface area contributed by atoms with Crippen molar-refractivity contribution in [1.29, 1.82) is 0 Å². The Balaban J connectivity index is 1.54. The molecule has 2 saturated heterocycles. The van der Waals surface area contributed by atoms with E-state index in [2.05, 4.69) is 10.3 Å². The molecule has 3 unspecified atom stereocenters. The molecule has 1 saturated carbocycles. The number of hydrogen-bond acceptors (Lipinski definition) is 4. The SMILES string of the molecule is O=C(OCc1cccnc1)C1C2CNC1C2. The van der Waals surface area contributed by atoms with E-state index in [1.54, 1.807) is 12.4 Å². The zero-order valence-corrected chi connectivity index (χ0v) is 8.93. The molecule has 3 atom stereocenters. The molecule has 0 radical (unpaired) electrons. The minimum Gasteiger partial charge on any atom is -0.460 e. The number of carbonyl (C=O) groups is 1. The highest BCUT2D eigenvalue weighted by atomic mass is 16.5. The Kier molecular flexibility index (Phi) is 2.36. The summed E-state index contributed by atoms with van der Waals surface area (Å²) in [6.07, 6.45) is 4.56. The van der Waals surface area contributed by atoms with Crippen molar-refractivity contribution in [2.75, 3.05) is 6.54 Å². The lowest BCUT2D eigenvalue weighted by molar-refractivity contribution is -0.155. The van der Waals surface area contributed by atoms with Crippen LogP contribution in [0.1, 0.15) is 12.0 Å². The summed E-state index contributed by atoms with van der Waals surface area (Å²) in [6.45, 7) is 1.31. The van der Waals surface area contributed by atoms with Gasteiger partial charge in [-0.1, -0.05) is 6.07 Å². The number of nitrogens with zero attached hydrogens (tertiary/aromatic N) is 1. The second kappa shape index (κ2) is 3.87. The van der Waals surface area contributed by atoms with Gasteiger partial charge in [0.2, 0.25) is 0 Å².